The fourth-order valence-corrected chi connectivity index (χ4v) is 6.60. The monoisotopic (exact) mass is 644 g/mol. The van der Waals surface area contributed by atoms with Gasteiger partial charge in [0, 0.05) is 63.8 Å². The van der Waals surface area contributed by atoms with Crippen LogP contribution in [-0.2, 0) is 41.7 Å². The second-order valence-corrected chi connectivity index (χ2v) is 12.6. The maximum Gasteiger partial charge on any atom is 0.303 e. The van der Waals surface area contributed by atoms with Crippen molar-refractivity contribution in [2.24, 2.45) is 0 Å². The molecule has 3 aromatic carbocycles. The van der Waals surface area contributed by atoms with E-state index in [0.29, 0.717) is 32.6 Å². The zero-order valence-electron chi connectivity index (χ0n) is 26.6. The lowest BCUT2D eigenvalue weighted by atomic mass is 9.97. The van der Waals surface area contributed by atoms with Crippen molar-refractivity contribution in [2.75, 3.05) is 32.8 Å². The first kappa shape index (κ1) is 33.3. The second kappa shape index (κ2) is 15.5. The average Bonchev–Trinajstić information content (AvgIpc) is 3.56. The van der Waals surface area contributed by atoms with Gasteiger partial charge >= 0.3 is 5.97 Å². The Morgan fingerprint density at radius 2 is 1.57 bits per heavy atom. The number of piperidine rings is 1. The first-order chi connectivity index (χ1) is 22.9. The number of aliphatic carboxylic acids is 1. The van der Waals surface area contributed by atoms with Crippen LogP contribution < -0.4 is 5.32 Å². The Hall–Kier alpha value is -3.64. The van der Waals surface area contributed by atoms with E-state index < -0.39 is 18.0 Å². The molecule has 6 rings (SSSR count). The number of hydrogen-bond donors (Lipinski definition) is 3. The van der Waals surface area contributed by atoms with Crippen LogP contribution in [0.3, 0.4) is 0 Å². The number of nitrogens with one attached hydrogen (secondary N) is 1. The normalized spacial score (nSPS) is 22.7. The molecule has 0 unspecified atom stereocenters. The van der Waals surface area contributed by atoms with Crippen molar-refractivity contribution in [1.29, 1.82) is 0 Å². The molecule has 3 heterocycles. The molecule has 1 amide bonds. The van der Waals surface area contributed by atoms with Crippen LogP contribution in [-0.4, -0.2) is 71.7 Å². The van der Waals surface area contributed by atoms with Crippen molar-refractivity contribution >= 4 is 11.9 Å². The van der Waals surface area contributed by atoms with E-state index in [1.54, 1.807) is 0 Å². The van der Waals surface area contributed by atoms with Gasteiger partial charge in [-0.3, -0.25) is 9.59 Å². The van der Waals surface area contributed by atoms with Gasteiger partial charge in [-0.15, -0.1) is 0 Å². The van der Waals surface area contributed by atoms with Crippen molar-refractivity contribution in [1.82, 2.24) is 10.2 Å². The summed E-state index contributed by atoms with van der Waals surface area (Å²) in [5, 5.41) is 21.3. The molecule has 0 aliphatic carbocycles. The van der Waals surface area contributed by atoms with Crippen molar-refractivity contribution in [2.45, 2.75) is 76.0 Å². The van der Waals surface area contributed by atoms with Gasteiger partial charge in [-0.2, -0.15) is 0 Å². The van der Waals surface area contributed by atoms with E-state index in [2.05, 4.69) is 28.4 Å². The van der Waals surface area contributed by atoms with E-state index in [9.17, 15) is 14.7 Å². The van der Waals surface area contributed by atoms with Crippen molar-refractivity contribution in [3.05, 3.63) is 95.1 Å². The van der Waals surface area contributed by atoms with E-state index in [4.69, 9.17) is 24.1 Å². The average molecular weight is 645 g/mol. The first-order valence-corrected chi connectivity index (χ1v) is 16.6. The molecule has 3 atom stereocenters. The molecular formula is C37H44N2O8. The number of amides is 1. The van der Waals surface area contributed by atoms with Crippen LogP contribution in [0.4, 0.5) is 0 Å². The van der Waals surface area contributed by atoms with Crippen LogP contribution in [0.1, 0.15) is 73.2 Å². The molecule has 10 nitrogen and oxygen atoms in total. The van der Waals surface area contributed by atoms with Crippen molar-refractivity contribution in [3.8, 4) is 11.1 Å². The van der Waals surface area contributed by atoms with Gasteiger partial charge < -0.3 is 39.4 Å². The molecule has 0 saturated carbocycles. The third kappa shape index (κ3) is 8.84. The van der Waals surface area contributed by atoms with Crippen LogP contribution in [0.25, 0.3) is 11.1 Å². The molecule has 3 saturated heterocycles. The summed E-state index contributed by atoms with van der Waals surface area (Å²) in [5.74, 6) is -1.48. The van der Waals surface area contributed by atoms with Crippen molar-refractivity contribution in [3.63, 3.8) is 0 Å². The number of nitrogens with zero attached hydrogens (tertiary/aromatic N) is 1. The summed E-state index contributed by atoms with van der Waals surface area (Å²) in [6, 6.07) is 24.1. The highest BCUT2D eigenvalue weighted by Crippen LogP contribution is 2.40. The van der Waals surface area contributed by atoms with Gasteiger partial charge in [-0.1, -0.05) is 60.7 Å². The predicted molar refractivity (Wildman–Crippen MR) is 174 cm³/mol. The van der Waals surface area contributed by atoms with Crippen LogP contribution >= 0.6 is 0 Å². The number of hydrogen-bond acceptors (Lipinski definition) is 8. The minimum atomic E-state index is -0.899. The molecule has 250 valence electrons. The zero-order chi connectivity index (χ0) is 32.6. The van der Waals surface area contributed by atoms with Gasteiger partial charge in [0.05, 0.1) is 32.0 Å². The predicted octanol–water partition coefficient (Wildman–Crippen LogP) is 5.10. The smallest absolute Gasteiger partial charge is 0.303 e. The van der Waals surface area contributed by atoms with E-state index in [-0.39, 0.29) is 37.6 Å². The van der Waals surface area contributed by atoms with Gasteiger partial charge in [-0.25, -0.2) is 0 Å². The zero-order valence-corrected chi connectivity index (χ0v) is 26.6. The molecule has 47 heavy (non-hydrogen) atoms. The van der Waals surface area contributed by atoms with Gasteiger partial charge in [0.15, 0.2) is 12.1 Å². The standard InChI is InChI=1S/C37H44N2O8/c40-25-26-10-12-28(13-11-26)33-22-32(24-39-16-14-37(15-17-39)44-18-19-45-37)46-36(47-33)31-7-2-6-30(21-31)29-5-1-4-27(20-29)23-38-34(41)8-3-9-35(42)43/h1-2,4-7,10-13,20-21,32-33,36,40H,3,8-9,14-19,22-25H2,(H,38,41)(H,42,43)/t32-,33+,36+/m1/s1. The largest absolute Gasteiger partial charge is 0.481 e. The van der Waals surface area contributed by atoms with Crippen molar-refractivity contribution < 1.29 is 38.7 Å². The lowest BCUT2D eigenvalue weighted by Crippen LogP contribution is -2.48. The summed E-state index contributed by atoms with van der Waals surface area (Å²) in [4.78, 5) is 25.4. The molecule has 0 aromatic heterocycles. The molecule has 3 aliphatic rings. The number of benzene rings is 3. The van der Waals surface area contributed by atoms with E-state index >= 15 is 0 Å². The van der Waals surface area contributed by atoms with Crippen LogP contribution in [0.2, 0.25) is 0 Å². The quantitative estimate of drug-likeness (QED) is 0.247. The number of aliphatic hydroxyl groups excluding tert-OH is 1. The summed E-state index contributed by atoms with van der Waals surface area (Å²) in [6.45, 7) is 4.24. The maximum absolute atomic E-state index is 12.2. The highest BCUT2D eigenvalue weighted by molar-refractivity contribution is 5.76. The molecule has 0 bridgehead atoms. The lowest BCUT2D eigenvalue weighted by molar-refractivity contribution is -0.255. The van der Waals surface area contributed by atoms with Crippen LogP contribution in [0.5, 0.6) is 0 Å². The molecule has 3 aromatic rings. The number of carbonyl (C=O) groups excluding carboxylic acids is 1. The van der Waals surface area contributed by atoms with Crippen LogP contribution in [0, 0.1) is 0 Å². The van der Waals surface area contributed by atoms with Gasteiger partial charge in [-0.05, 0) is 46.4 Å². The molecule has 1 spiro atoms. The number of rotatable bonds is 12. The highest BCUT2D eigenvalue weighted by Gasteiger charge is 2.41. The fraction of sp³-hybridized carbons (Fsp3) is 0.459. The SMILES string of the molecule is O=C(O)CCCC(=O)NCc1cccc(-c2cccc([C@H]3O[C@@H](CN4CCC5(CC4)OCCO5)C[C@@H](c4ccc(CO)cc4)O3)c2)c1. The highest BCUT2D eigenvalue weighted by atomic mass is 16.7. The van der Waals surface area contributed by atoms with E-state index in [1.165, 1.54) is 0 Å². The summed E-state index contributed by atoms with van der Waals surface area (Å²) < 4.78 is 25.2. The topological polar surface area (TPSA) is 127 Å². The number of aliphatic hydroxyl groups is 1. The van der Waals surface area contributed by atoms with Gasteiger partial charge in [0.1, 0.15) is 0 Å². The lowest BCUT2D eigenvalue weighted by Gasteiger charge is -2.41. The molecular weight excluding hydrogens is 600 g/mol. The number of ether oxygens (including phenoxy) is 4. The Morgan fingerprint density at radius 1 is 0.851 bits per heavy atom. The molecule has 3 N–H and O–H groups in total. The number of carbonyl (C=O) groups is 2. The Kier molecular flexibility index (Phi) is 11.0. The summed E-state index contributed by atoms with van der Waals surface area (Å²) in [7, 11) is 0. The van der Waals surface area contributed by atoms with Crippen LogP contribution in [0.15, 0.2) is 72.8 Å². The molecule has 3 fully saturated rings. The summed E-state index contributed by atoms with van der Waals surface area (Å²) >= 11 is 0. The minimum Gasteiger partial charge on any atom is -0.481 e. The molecule has 3 aliphatic heterocycles. The fourth-order valence-electron chi connectivity index (χ4n) is 6.60. The van der Waals surface area contributed by atoms with E-state index in [1.807, 2.05) is 54.6 Å². The number of carboxylic acid groups (broad SMARTS) is 1. The third-order valence-electron chi connectivity index (χ3n) is 9.21. The Labute approximate surface area is 275 Å². The Morgan fingerprint density at radius 3 is 2.30 bits per heavy atom. The Bertz CT molecular complexity index is 1500. The minimum absolute atomic E-state index is 0.00278. The van der Waals surface area contributed by atoms with Gasteiger partial charge in [0.25, 0.3) is 0 Å². The Balaban J connectivity index is 1.15. The summed E-state index contributed by atoms with van der Waals surface area (Å²) in [5.41, 5.74) is 5.80. The number of likely N-dealkylation sites (tertiary alicyclic amines) is 1. The molecule has 10 heteroatoms. The number of carboxylic acids is 1. The third-order valence-corrected chi connectivity index (χ3v) is 9.21. The van der Waals surface area contributed by atoms with Gasteiger partial charge in [0.2, 0.25) is 5.91 Å². The maximum atomic E-state index is 12.2. The van der Waals surface area contributed by atoms with E-state index in [0.717, 1.165) is 65.9 Å². The molecule has 0 radical (unpaired) electrons. The second-order valence-electron chi connectivity index (χ2n) is 12.6. The summed E-state index contributed by atoms with van der Waals surface area (Å²) in [6.07, 6.45) is 2.10. The first-order valence-electron chi connectivity index (χ1n) is 16.6.